The normalized spacial score (nSPS) is 18.6. The van der Waals surface area contributed by atoms with Crippen molar-refractivity contribution in [3.05, 3.63) is 66.0 Å². The molecule has 25 heavy (non-hydrogen) atoms. The Labute approximate surface area is 147 Å². The first-order valence-corrected chi connectivity index (χ1v) is 8.68. The van der Waals surface area contributed by atoms with E-state index in [-0.39, 0.29) is 6.42 Å². The van der Waals surface area contributed by atoms with Gasteiger partial charge in [-0.2, -0.15) is 0 Å². The number of benzene rings is 1. The molecule has 1 aromatic heterocycles. The van der Waals surface area contributed by atoms with Crippen LogP contribution in [0.15, 0.2) is 54.7 Å². The zero-order valence-corrected chi connectivity index (χ0v) is 14.2. The molecule has 0 spiro atoms. The van der Waals surface area contributed by atoms with Gasteiger partial charge in [0.25, 0.3) is 0 Å². The highest BCUT2D eigenvalue weighted by molar-refractivity contribution is 5.72. The topological polar surface area (TPSA) is 73.7 Å². The number of nitrogens with zero attached hydrogens (tertiary/aromatic N) is 2. The highest BCUT2D eigenvalue weighted by Crippen LogP contribution is 2.33. The summed E-state index contributed by atoms with van der Waals surface area (Å²) in [7, 11) is 0. The standard InChI is InChI=1S/C20H24N2O3/c23-19(24)18(14-17-8-4-5-11-21-17)20(25)9-12-22(13-10-20)15-16-6-2-1-3-7-16/h1-8,11,18,25H,9-10,12-15H2,(H,23,24). The van der Waals surface area contributed by atoms with Crippen LogP contribution in [0.25, 0.3) is 0 Å². The Kier molecular flexibility index (Phi) is 5.46. The van der Waals surface area contributed by atoms with Crippen molar-refractivity contribution in [1.29, 1.82) is 0 Å². The fourth-order valence-electron chi connectivity index (χ4n) is 3.52. The van der Waals surface area contributed by atoms with Crippen molar-refractivity contribution in [3.63, 3.8) is 0 Å². The SMILES string of the molecule is O=C(O)C(Cc1ccccn1)C1(O)CCN(Cc2ccccc2)CC1. The molecule has 1 aliphatic rings. The fraction of sp³-hybridized carbons (Fsp3) is 0.400. The first-order chi connectivity index (χ1) is 12.1. The van der Waals surface area contributed by atoms with Crippen molar-refractivity contribution in [2.24, 2.45) is 5.92 Å². The third kappa shape index (κ3) is 4.44. The number of aliphatic hydroxyl groups is 1. The van der Waals surface area contributed by atoms with Gasteiger partial charge in [-0.1, -0.05) is 36.4 Å². The first kappa shape index (κ1) is 17.6. The lowest BCUT2D eigenvalue weighted by molar-refractivity contribution is -0.156. The molecule has 5 nitrogen and oxygen atoms in total. The van der Waals surface area contributed by atoms with E-state index in [0.29, 0.717) is 31.6 Å². The van der Waals surface area contributed by atoms with Crippen molar-refractivity contribution in [3.8, 4) is 0 Å². The maximum atomic E-state index is 11.8. The largest absolute Gasteiger partial charge is 0.481 e. The molecular formula is C20H24N2O3. The van der Waals surface area contributed by atoms with Crippen molar-refractivity contribution < 1.29 is 15.0 Å². The van der Waals surface area contributed by atoms with Crippen LogP contribution in [0.1, 0.15) is 24.1 Å². The molecule has 0 aliphatic carbocycles. The molecule has 0 bridgehead atoms. The third-order valence-corrected chi connectivity index (χ3v) is 5.06. The van der Waals surface area contributed by atoms with Crippen LogP contribution in [0, 0.1) is 5.92 Å². The molecule has 5 heteroatoms. The van der Waals surface area contributed by atoms with Crippen LogP contribution in [-0.2, 0) is 17.8 Å². The molecule has 3 rings (SSSR count). The summed E-state index contributed by atoms with van der Waals surface area (Å²) in [5.74, 6) is -1.79. The summed E-state index contributed by atoms with van der Waals surface area (Å²) in [5.41, 5.74) is 0.752. The Bertz CT molecular complexity index is 683. The summed E-state index contributed by atoms with van der Waals surface area (Å²) in [6.45, 7) is 2.21. The lowest BCUT2D eigenvalue weighted by Gasteiger charge is -2.41. The Morgan fingerprint density at radius 3 is 2.40 bits per heavy atom. The van der Waals surface area contributed by atoms with Gasteiger partial charge in [0, 0.05) is 37.9 Å². The molecule has 2 aromatic rings. The van der Waals surface area contributed by atoms with Gasteiger partial charge in [-0.15, -0.1) is 0 Å². The van der Waals surface area contributed by atoms with Gasteiger partial charge in [0.05, 0.1) is 11.5 Å². The van der Waals surface area contributed by atoms with Crippen molar-refractivity contribution in [2.45, 2.75) is 31.4 Å². The van der Waals surface area contributed by atoms with Gasteiger partial charge < -0.3 is 10.2 Å². The molecule has 1 aliphatic heterocycles. The number of rotatable bonds is 6. The second-order valence-corrected chi connectivity index (χ2v) is 6.78. The summed E-state index contributed by atoms with van der Waals surface area (Å²) in [5, 5.41) is 20.7. The van der Waals surface area contributed by atoms with Gasteiger partial charge >= 0.3 is 5.97 Å². The molecule has 2 heterocycles. The summed E-state index contributed by atoms with van der Waals surface area (Å²) < 4.78 is 0. The van der Waals surface area contributed by atoms with Crippen LogP contribution in [0.3, 0.4) is 0 Å². The number of carboxylic acids is 1. The lowest BCUT2D eigenvalue weighted by Crippen LogP contribution is -2.51. The molecular weight excluding hydrogens is 316 g/mol. The van der Waals surface area contributed by atoms with Gasteiger partial charge in [-0.3, -0.25) is 14.7 Å². The maximum absolute atomic E-state index is 11.8. The average molecular weight is 340 g/mol. The third-order valence-electron chi connectivity index (χ3n) is 5.06. The van der Waals surface area contributed by atoms with E-state index in [4.69, 9.17) is 0 Å². The molecule has 1 atom stereocenters. The van der Waals surface area contributed by atoms with Gasteiger partial charge in [0.2, 0.25) is 0 Å². The number of hydrogen-bond acceptors (Lipinski definition) is 4. The number of carbonyl (C=O) groups is 1. The molecule has 0 amide bonds. The molecule has 0 radical (unpaired) electrons. The minimum Gasteiger partial charge on any atom is -0.481 e. The second kappa shape index (κ2) is 7.76. The van der Waals surface area contributed by atoms with E-state index < -0.39 is 17.5 Å². The summed E-state index contributed by atoms with van der Waals surface area (Å²) in [6.07, 6.45) is 2.83. The molecule has 1 saturated heterocycles. The van der Waals surface area contributed by atoms with Crippen LogP contribution < -0.4 is 0 Å². The number of carboxylic acid groups (broad SMARTS) is 1. The molecule has 132 valence electrons. The van der Waals surface area contributed by atoms with Crippen LogP contribution in [-0.4, -0.2) is 44.8 Å². The van der Waals surface area contributed by atoms with E-state index in [1.807, 2.05) is 30.3 Å². The fourth-order valence-corrected chi connectivity index (χ4v) is 3.52. The van der Waals surface area contributed by atoms with Crippen LogP contribution in [0.5, 0.6) is 0 Å². The number of piperidine rings is 1. The maximum Gasteiger partial charge on any atom is 0.309 e. The molecule has 1 fully saturated rings. The Morgan fingerprint density at radius 1 is 1.12 bits per heavy atom. The van der Waals surface area contributed by atoms with Gasteiger partial charge in [0.15, 0.2) is 0 Å². The number of likely N-dealkylation sites (tertiary alicyclic amines) is 1. The van der Waals surface area contributed by atoms with E-state index in [9.17, 15) is 15.0 Å². The number of pyridine rings is 1. The predicted molar refractivity (Wildman–Crippen MR) is 95.0 cm³/mol. The predicted octanol–water partition coefficient (Wildman–Crippen LogP) is 2.35. The van der Waals surface area contributed by atoms with Crippen molar-refractivity contribution in [2.75, 3.05) is 13.1 Å². The number of hydrogen-bond donors (Lipinski definition) is 2. The quantitative estimate of drug-likeness (QED) is 0.844. The lowest BCUT2D eigenvalue weighted by atomic mass is 9.77. The Morgan fingerprint density at radius 2 is 1.80 bits per heavy atom. The zero-order chi connectivity index (χ0) is 17.7. The number of aliphatic carboxylic acids is 1. The van der Waals surface area contributed by atoms with Crippen molar-refractivity contribution >= 4 is 5.97 Å². The second-order valence-electron chi connectivity index (χ2n) is 6.78. The summed E-state index contributed by atoms with van der Waals surface area (Å²) in [6, 6.07) is 15.6. The van der Waals surface area contributed by atoms with E-state index >= 15 is 0 Å². The zero-order valence-electron chi connectivity index (χ0n) is 14.2. The molecule has 2 N–H and O–H groups in total. The van der Waals surface area contributed by atoms with E-state index in [2.05, 4.69) is 22.0 Å². The van der Waals surface area contributed by atoms with Crippen molar-refractivity contribution in [1.82, 2.24) is 9.88 Å². The van der Waals surface area contributed by atoms with Gasteiger partial charge in [-0.25, -0.2) is 0 Å². The number of aromatic nitrogens is 1. The summed E-state index contributed by atoms with van der Waals surface area (Å²) >= 11 is 0. The summed E-state index contributed by atoms with van der Waals surface area (Å²) in [4.78, 5) is 18.3. The minimum atomic E-state index is -1.18. The molecule has 1 unspecified atom stereocenters. The van der Waals surface area contributed by atoms with E-state index in [0.717, 1.165) is 6.54 Å². The van der Waals surface area contributed by atoms with Crippen LogP contribution in [0.4, 0.5) is 0 Å². The first-order valence-electron chi connectivity index (χ1n) is 8.68. The average Bonchev–Trinajstić information content (AvgIpc) is 2.63. The van der Waals surface area contributed by atoms with E-state index in [1.165, 1.54) is 5.56 Å². The van der Waals surface area contributed by atoms with Crippen LogP contribution in [0.2, 0.25) is 0 Å². The smallest absolute Gasteiger partial charge is 0.309 e. The van der Waals surface area contributed by atoms with Gasteiger partial charge in [-0.05, 0) is 30.5 Å². The monoisotopic (exact) mass is 340 g/mol. The minimum absolute atomic E-state index is 0.255. The van der Waals surface area contributed by atoms with E-state index in [1.54, 1.807) is 12.3 Å². The highest BCUT2D eigenvalue weighted by atomic mass is 16.4. The van der Waals surface area contributed by atoms with Crippen LogP contribution >= 0.6 is 0 Å². The van der Waals surface area contributed by atoms with Gasteiger partial charge in [0.1, 0.15) is 0 Å². The Hall–Kier alpha value is -2.24. The molecule has 0 saturated carbocycles. The Balaban J connectivity index is 1.64. The molecule has 1 aromatic carbocycles. The highest BCUT2D eigenvalue weighted by Gasteiger charge is 2.43.